The maximum Gasteiger partial charge on any atom is 0.234 e. The number of nitrogens with one attached hydrogen (secondary N) is 3. The summed E-state index contributed by atoms with van der Waals surface area (Å²) in [7, 11) is 0. The lowest BCUT2D eigenvalue weighted by atomic mass is 10.2. The fraction of sp³-hybridized carbons (Fsp3) is 0.833. The monoisotopic (exact) mass is 241 g/mol. The molecule has 0 aliphatic heterocycles. The van der Waals surface area contributed by atoms with Crippen LogP contribution < -0.4 is 16.0 Å². The molecule has 0 aromatic rings. The van der Waals surface area contributed by atoms with E-state index in [-0.39, 0.29) is 17.7 Å². The molecule has 5 nitrogen and oxygen atoms in total. The first-order valence-electron chi connectivity index (χ1n) is 6.41. The van der Waals surface area contributed by atoms with Gasteiger partial charge in [0.15, 0.2) is 0 Å². The topological polar surface area (TPSA) is 70.2 Å². The van der Waals surface area contributed by atoms with Gasteiger partial charge < -0.3 is 16.0 Å². The van der Waals surface area contributed by atoms with Gasteiger partial charge in [-0.25, -0.2) is 0 Å². The average molecular weight is 241 g/mol. The van der Waals surface area contributed by atoms with Gasteiger partial charge in [-0.1, -0.05) is 6.92 Å². The lowest BCUT2D eigenvalue weighted by molar-refractivity contribution is -0.123. The first-order chi connectivity index (χ1) is 8.13. The van der Waals surface area contributed by atoms with E-state index in [1.165, 1.54) is 0 Å². The van der Waals surface area contributed by atoms with Gasteiger partial charge >= 0.3 is 0 Å². The molecule has 0 radical (unpaired) electrons. The maximum atomic E-state index is 11.4. The molecule has 0 bridgehead atoms. The predicted molar refractivity (Wildman–Crippen MR) is 66.5 cm³/mol. The van der Waals surface area contributed by atoms with Gasteiger partial charge in [0.25, 0.3) is 0 Å². The van der Waals surface area contributed by atoms with Gasteiger partial charge in [0.2, 0.25) is 11.8 Å². The Morgan fingerprint density at radius 2 is 1.88 bits per heavy atom. The van der Waals surface area contributed by atoms with E-state index in [2.05, 4.69) is 22.9 Å². The van der Waals surface area contributed by atoms with E-state index >= 15 is 0 Å². The number of hydrogen-bond donors (Lipinski definition) is 3. The van der Waals surface area contributed by atoms with Crippen molar-refractivity contribution in [1.29, 1.82) is 0 Å². The van der Waals surface area contributed by atoms with Crippen LogP contribution in [0.15, 0.2) is 0 Å². The Bertz CT molecular complexity index is 264. The highest BCUT2D eigenvalue weighted by Gasteiger charge is 2.28. The molecule has 1 fully saturated rings. The quantitative estimate of drug-likeness (QED) is 0.525. The van der Waals surface area contributed by atoms with Crippen LogP contribution in [0.5, 0.6) is 0 Å². The molecule has 1 rings (SSSR count). The van der Waals surface area contributed by atoms with Crippen LogP contribution in [0, 0.1) is 5.92 Å². The van der Waals surface area contributed by atoms with Crippen molar-refractivity contribution in [1.82, 2.24) is 16.0 Å². The van der Waals surface area contributed by atoms with Crippen molar-refractivity contribution in [3.8, 4) is 0 Å². The molecule has 0 aromatic heterocycles. The standard InChI is InChI=1S/C12H23N3O2/c1-3-9(2)15-8-11(16)13-6-7-14-12(17)10-4-5-10/h9-10,15H,3-8H2,1-2H3,(H,13,16)(H,14,17). The zero-order valence-corrected chi connectivity index (χ0v) is 10.7. The summed E-state index contributed by atoms with van der Waals surface area (Å²) in [4.78, 5) is 22.6. The summed E-state index contributed by atoms with van der Waals surface area (Å²) in [6, 6.07) is 0.357. The van der Waals surface area contributed by atoms with Crippen molar-refractivity contribution >= 4 is 11.8 Å². The van der Waals surface area contributed by atoms with E-state index in [1.807, 2.05) is 6.92 Å². The van der Waals surface area contributed by atoms with E-state index in [9.17, 15) is 9.59 Å². The molecule has 0 saturated heterocycles. The number of carbonyl (C=O) groups is 2. The number of carbonyl (C=O) groups excluding carboxylic acids is 2. The zero-order chi connectivity index (χ0) is 12.7. The van der Waals surface area contributed by atoms with Gasteiger partial charge in [-0.05, 0) is 26.2 Å². The Hall–Kier alpha value is -1.10. The second kappa shape index (κ2) is 7.27. The van der Waals surface area contributed by atoms with Gasteiger partial charge in [0, 0.05) is 25.0 Å². The minimum Gasteiger partial charge on any atom is -0.354 e. The molecule has 1 unspecified atom stereocenters. The zero-order valence-electron chi connectivity index (χ0n) is 10.7. The smallest absolute Gasteiger partial charge is 0.234 e. The summed E-state index contributed by atoms with van der Waals surface area (Å²) in [5.74, 6) is 0.334. The molecule has 17 heavy (non-hydrogen) atoms. The summed E-state index contributed by atoms with van der Waals surface area (Å²) in [6.45, 7) is 5.47. The van der Waals surface area contributed by atoms with Crippen LogP contribution in [-0.2, 0) is 9.59 Å². The molecule has 2 amide bonds. The molecular weight excluding hydrogens is 218 g/mol. The Morgan fingerprint density at radius 3 is 2.47 bits per heavy atom. The Labute approximate surface area is 103 Å². The van der Waals surface area contributed by atoms with Gasteiger partial charge in [0.05, 0.1) is 6.54 Å². The van der Waals surface area contributed by atoms with Crippen molar-refractivity contribution in [2.45, 2.75) is 39.2 Å². The summed E-state index contributed by atoms with van der Waals surface area (Å²) >= 11 is 0. The average Bonchev–Trinajstić information content (AvgIpc) is 3.15. The first-order valence-corrected chi connectivity index (χ1v) is 6.41. The van der Waals surface area contributed by atoms with E-state index in [0.29, 0.717) is 25.7 Å². The summed E-state index contributed by atoms with van der Waals surface area (Å²) in [5, 5.41) is 8.67. The predicted octanol–water partition coefficient (Wildman–Crippen LogP) is 0.0169. The molecule has 0 spiro atoms. The normalized spacial score (nSPS) is 16.4. The van der Waals surface area contributed by atoms with Gasteiger partial charge in [-0.2, -0.15) is 0 Å². The third-order valence-electron chi connectivity index (χ3n) is 2.92. The fourth-order valence-electron chi connectivity index (χ4n) is 1.35. The van der Waals surface area contributed by atoms with Crippen LogP contribution in [0.1, 0.15) is 33.1 Å². The van der Waals surface area contributed by atoms with Crippen LogP contribution in [0.3, 0.4) is 0 Å². The minimum atomic E-state index is -0.0222. The Morgan fingerprint density at radius 1 is 1.24 bits per heavy atom. The Balaban J connectivity index is 1.94. The fourth-order valence-corrected chi connectivity index (χ4v) is 1.35. The highest BCUT2D eigenvalue weighted by atomic mass is 16.2. The van der Waals surface area contributed by atoms with Crippen molar-refractivity contribution in [3.05, 3.63) is 0 Å². The van der Waals surface area contributed by atoms with Crippen molar-refractivity contribution in [2.75, 3.05) is 19.6 Å². The first kappa shape index (κ1) is 14.0. The largest absolute Gasteiger partial charge is 0.354 e. The SMILES string of the molecule is CCC(C)NCC(=O)NCCNC(=O)C1CC1. The lowest BCUT2D eigenvalue weighted by Crippen LogP contribution is -2.41. The molecule has 0 heterocycles. The molecule has 98 valence electrons. The van der Waals surface area contributed by atoms with Crippen molar-refractivity contribution in [2.24, 2.45) is 5.92 Å². The molecule has 0 aromatic carbocycles. The van der Waals surface area contributed by atoms with Gasteiger partial charge in [-0.15, -0.1) is 0 Å². The third-order valence-corrected chi connectivity index (χ3v) is 2.92. The van der Waals surface area contributed by atoms with Crippen LogP contribution in [-0.4, -0.2) is 37.5 Å². The highest BCUT2D eigenvalue weighted by Crippen LogP contribution is 2.28. The highest BCUT2D eigenvalue weighted by molar-refractivity contribution is 5.81. The molecule has 1 aliphatic carbocycles. The Kier molecular flexibility index (Phi) is 5.97. The third kappa shape index (κ3) is 6.26. The maximum absolute atomic E-state index is 11.4. The minimum absolute atomic E-state index is 0.0222. The van der Waals surface area contributed by atoms with Crippen molar-refractivity contribution < 1.29 is 9.59 Å². The van der Waals surface area contributed by atoms with E-state index < -0.39 is 0 Å². The van der Waals surface area contributed by atoms with Crippen LogP contribution >= 0.6 is 0 Å². The summed E-state index contributed by atoms with van der Waals surface area (Å²) < 4.78 is 0. The number of rotatable bonds is 8. The summed E-state index contributed by atoms with van der Waals surface area (Å²) in [5.41, 5.74) is 0. The lowest BCUT2D eigenvalue weighted by Gasteiger charge is -2.11. The summed E-state index contributed by atoms with van der Waals surface area (Å²) in [6.07, 6.45) is 3.03. The second-order valence-corrected chi connectivity index (χ2v) is 4.61. The van der Waals surface area contributed by atoms with E-state index in [1.54, 1.807) is 0 Å². The number of amides is 2. The molecular formula is C12H23N3O2. The molecule has 5 heteroatoms. The van der Waals surface area contributed by atoms with Gasteiger partial charge in [-0.3, -0.25) is 9.59 Å². The second-order valence-electron chi connectivity index (χ2n) is 4.61. The molecule has 1 atom stereocenters. The van der Waals surface area contributed by atoms with Gasteiger partial charge in [0.1, 0.15) is 0 Å². The molecule has 1 saturated carbocycles. The van der Waals surface area contributed by atoms with Crippen LogP contribution in [0.25, 0.3) is 0 Å². The van der Waals surface area contributed by atoms with Crippen LogP contribution in [0.4, 0.5) is 0 Å². The molecule has 1 aliphatic rings. The van der Waals surface area contributed by atoms with Crippen LogP contribution in [0.2, 0.25) is 0 Å². The molecule has 3 N–H and O–H groups in total. The van der Waals surface area contributed by atoms with E-state index in [4.69, 9.17) is 0 Å². The van der Waals surface area contributed by atoms with Crippen molar-refractivity contribution in [3.63, 3.8) is 0 Å². The number of hydrogen-bond acceptors (Lipinski definition) is 3. The van der Waals surface area contributed by atoms with E-state index in [0.717, 1.165) is 19.3 Å².